The van der Waals surface area contributed by atoms with Gasteiger partial charge in [-0.1, -0.05) is 5.92 Å². The number of nitrogens with one attached hydrogen (secondary N) is 2. The van der Waals surface area contributed by atoms with Crippen LogP contribution in [0.1, 0.15) is 19.3 Å². The molecule has 0 aromatic carbocycles. The van der Waals surface area contributed by atoms with E-state index in [1.807, 2.05) is 0 Å². The van der Waals surface area contributed by atoms with Crippen molar-refractivity contribution in [1.29, 1.82) is 0 Å². The quantitative estimate of drug-likeness (QED) is 0.571. The van der Waals surface area contributed by atoms with Crippen molar-refractivity contribution in [2.24, 2.45) is 0 Å². The van der Waals surface area contributed by atoms with Gasteiger partial charge < -0.3 is 10.6 Å². The van der Waals surface area contributed by atoms with Gasteiger partial charge >= 0.3 is 0 Å². The molecule has 0 rings (SSSR count). The Morgan fingerprint density at radius 3 is 2.46 bits per heavy atom. The number of hydrogen-bond acceptors (Lipinski definition) is 2. The molecule has 2 amide bonds. The lowest BCUT2D eigenvalue weighted by Crippen LogP contribution is -2.24. The fourth-order valence-corrected chi connectivity index (χ4v) is 0.773. The summed E-state index contributed by atoms with van der Waals surface area (Å²) >= 11 is 0. The summed E-state index contributed by atoms with van der Waals surface area (Å²) in [5, 5.41) is 5.00. The minimum absolute atomic E-state index is 0.0512. The highest BCUT2D eigenvalue weighted by Crippen LogP contribution is 1.94. The van der Waals surface area contributed by atoms with Crippen LogP contribution >= 0.6 is 0 Å². The maximum atomic E-state index is 10.9. The van der Waals surface area contributed by atoms with Crippen molar-refractivity contribution in [2.75, 3.05) is 13.6 Å². The van der Waals surface area contributed by atoms with Gasteiger partial charge in [0.15, 0.2) is 0 Å². The molecule has 0 atom stereocenters. The molecule has 0 bridgehead atoms. The molecule has 0 saturated carbocycles. The first-order chi connectivity index (χ1) is 6.20. The first kappa shape index (κ1) is 11.5. The molecule has 13 heavy (non-hydrogen) atoms. The lowest BCUT2D eigenvalue weighted by molar-refractivity contribution is -0.122. The second-order valence-electron chi connectivity index (χ2n) is 2.51. The topological polar surface area (TPSA) is 58.2 Å². The van der Waals surface area contributed by atoms with Gasteiger partial charge in [0, 0.05) is 19.9 Å². The number of amides is 2. The molecule has 4 heteroatoms. The molecule has 2 N–H and O–H groups in total. The fraction of sp³-hybridized carbons (Fsp3) is 0.556. The van der Waals surface area contributed by atoms with Gasteiger partial charge in [0.1, 0.15) is 0 Å². The van der Waals surface area contributed by atoms with E-state index in [9.17, 15) is 9.59 Å². The molecule has 0 radical (unpaired) electrons. The molecule has 0 aromatic rings. The van der Waals surface area contributed by atoms with Crippen molar-refractivity contribution in [1.82, 2.24) is 10.6 Å². The smallest absolute Gasteiger partial charge is 0.220 e. The minimum Gasteiger partial charge on any atom is -0.359 e. The number of carbonyl (C=O) groups is 2. The van der Waals surface area contributed by atoms with Crippen LogP contribution in [-0.4, -0.2) is 25.4 Å². The van der Waals surface area contributed by atoms with Crippen molar-refractivity contribution in [3.63, 3.8) is 0 Å². The Morgan fingerprint density at radius 2 is 1.92 bits per heavy atom. The van der Waals surface area contributed by atoms with Crippen LogP contribution in [0.4, 0.5) is 0 Å². The normalized spacial score (nSPS) is 8.62. The van der Waals surface area contributed by atoms with Crippen molar-refractivity contribution in [2.45, 2.75) is 19.3 Å². The SMILES string of the molecule is C#CCNC(=O)CCCC(=O)NC. The molecule has 0 heterocycles. The molecule has 0 saturated heterocycles. The third-order valence-corrected chi connectivity index (χ3v) is 1.47. The van der Waals surface area contributed by atoms with E-state index < -0.39 is 0 Å². The Morgan fingerprint density at radius 1 is 1.31 bits per heavy atom. The average molecular weight is 182 g/mol. The van der Waals surface area contributed by atoms with Crippen LogP contribution in [0.3, 0.4) is 0 Å². The Kier molecular flexibility index (Phi) is 6.34. The molecular formula is C9H14N2O2. The predicted molar refractivity (Wildman–Crippen MR) is 49.8 cm³/mol. The van der Waals surface area contributed by atoms with Crippen LogP contribution in [0.15, 0.2) is 0 Å². The summed E-state index contributed by atoms with van der Waals surface area (Å²) in [6, 6.07) is 0. The Labute approximate surface area is 78.1 Å². The van der Waals surface area contributed by atoms with Gasteiger partial charge in [-0.2, -0.15) is 0 Å². The van der Waals surface area contributed by atoms with Crippen LogP contribution in [0.5, 0.6) is 0 Å². The standard InChI is InChI=1S/C9H14N2O2/c1-3-7-11-9(13)6-4-5-8(12)10-2/h1H,4-7H2,2H3,(H,10,12)(H,11,13). The number of carbonyl (C=O) groups excluding carboxylic acids is 2. The van der Waals surface area contributed by atoms with Crippen LogP contribution in [0.25, 0.3) is 0 Å². The second-order valence-corrected chi connectivity index (χ2v) is 2.51. The van der Waals surface area contributed by atoms with Crippen LogP contribution in [0.2, 0.25) is 0 Å². The molecule has 0 fully saturated rings. The molecular weight excluding hydrogens is 168 g/mol. The molecule has 0 aliphatic carbocycles. The summed E-state index contributed by atoms with van der Waals surface area (Å²) in [5.74, 6) is 2.14. The first-order valence-corrected chi connectivity index (χ1v) is 4.11. The van der Waals surface area contributed by atoms with Crippen molar-refractivity contribution >= 4 is 11.8 Å². The third-order valence-electron chi connectivity index (χ3n) is 1.47. The Bertz CT molecular complexity index is 218. The molecule has 0 aromatic heterocycles. The Hall–Kier alpha value is -1.50. The zero-order valence-corrected chi connectivity index (χ0v) is 7.72. The lowest BCUT2D eigenvalue weighted by Gasteiger charge is -2.00. The van der Waals surface area contributed by atoms with E-state index in [1.54, 1.807) is 7.05 Å². The van der Waals surface area contributed by atoms with Gasteiger partial charge in [-0.15, -0.1) is 6.42 Å². The van der Waals surface area contributed by atoms with E-state index in [2.05, 4.69) is 16.6 Å². The van der Waals surface area contributed by atoms with E-state index in [0.717, 1.165) is 0 Å². The van der Waals surface area contributed by atoms with E-state index in [-0.39, 0.29) is 18.4 Å². The molecule has 72 valence electrons. The third kappa shape index (κ3) is 6.88. The zero-order chi connectivity index (χ0) is 10.1. The Balaban J connectivity index is 3.38. The molecule has 0 aliphatic rings. The zero-order valence-electron chi connectivity index (χ0n) is 7.72. The lowest BCUT2D eigenvalue weighted by atomic mass is 10.2. The maximum Gasteiger partial charge on any atom is 0.220 e. The van der Waals surface area contributed by atoms with Crippen LogP contribution in [0, 0.1) is 12.3 Å². The van der Waals surface area contributed by atoms with E-state index >= 15 is 0 Å². The largest absolute Gasteiger partial charge is 0.359 e. The second kappa shape index (κ2) is 7.17. The van der Waals surface area contributed by atoms with Gasteiger partial charge in [-0.25, -0.2) is 0 Å². The molecule has 0 unspecified atom stereocenters. The van der Waals surface area contributed by atoms with Gasteiger partial charge in [0.25, 0.3) is 0 Å². The molecule has 0 aliphatic heterocycles. The van der Waals surface area contributed by atoms with Gasteiger partial charge in [-0.05, 0) is 6.42 Å². The summed E-state index contributed by atoms with van der Waals surface area (Å²) in [6.07, 6.45) is 6.22. The number of terminal acetylenes is 1. The number of hydrogen-bond donors (Lipinski definition) is 2. The monoisotopic (exact) mass is 182 g/mol. The highest BCUT2D eigenvalue weighted by atomic mass is 16.2. The maximum absolute atomic E-state index is 10.9. The summed E-state index contributed by atoms with van der Waals surface area (Å²) < 4.78 is 0. The summed E-state index contributed by atoms with van der Waals surface area (Å²) in [7, 11) is 1.57. The van der Waals surface area contributed by atoms with E-state index in [1.165, 1.54) is 0 Å². The van der Waals surface area contributed by atoms with Crippen molar-refractivity contribution in [3.05, 3.63) is 0 Å². The van der Waals surface area contributed by atoms with Crippen molar-refractivity contribution < 1.29 is 9.59 Å². The molecule has 4 nitrogen and oxygen atoms in total. The summed E-state index contributed by atoms with van der Waals surface area (Å²) in [6.45, 7) is 0.249. The van der Waals surface area contributed by atoms with Crippen molar-refractivity contribution in [3.8, 4) is 12.3 Å². The van der Waals surface area contributed by atoms with E-state index in [4.69, 9.17) is 6.42 Å². The predicted octanol–water partition coefficient (Wildman–Crippen LogP) is -0.348. The number of rotatable bonds is 5. The van der Waals surface area contributed by atoms with E-state index in [0.29, 0.717) is 19.3 Å². The average Bonchev–Trinajstić information content (AvgIpc) is 2.14. The fourth-order valence-electron chi connectivity index (χ4n) is 0.773. The van der Waals surface area contributed by atoms with Gasteiger partial charge in [0.05, 0.1) is 6.54 Å². The van der Waals surface area contributed by atoms with Gasteiger partial charge in [-0.3, -0.25) is 9.59 Å². The van der Waals surface area contributed by atoms with Gasteiger partial charge in [0.2, 0.25) is 11.8 Å². The first-order valence-electron chi connectivity index (χ1n) is 4.11. The minimum atomic E-state index is -0.109. The van der Waals surface area contributed by atoms with Crippen LogP contribution in [-0.2, 0) is 9.59 Å². The highest BCUT2D eigenvalue weighted by Gasteiger charge is 2.02. The van der Waals surface area contributed by atoms with Crippen LogP contribution < -0.4 is 10.6 Å². The summed E-state index contributed by atoms with van der Waals surface area (Å²) in [5.41, 5.74) is 0. The summed E-state index contributed by atoms with van der Waals surface area (Å²) in [4.78, 5) is 21.7. The molecule has 0 spiro atoms. The highest BCUT2D eigenvalue weighted by molar-refractivity contribution is 5.78.